The molecule has 8 nitrogen and oxygen atoms in total. The SMILES string of the molecule is CCCCCCCCCCCCCCCCCCCCCCCCCCCCCCCCCCCCCCCCC(=O)OCC(O)COP(=O)([O-])OCC[N+](C)(C)C. The van der Waals surface area contributed by atoms with E-state index in [0.29, 0.717) is 17.4 Å². The first-order valence-corrected chi connectivity index (χ1v) is 26.8. The summed E-state index contributed by atoms with van der Waals surface area (Å²) in [6.07, 6.45) is 51.9. The van der Waals surface area contributed by atoms with Gasteiger partial charge in [-0.1, -0.05) is 244 Å². The maximum Gasteiger partial charge on any atom is 0.305 e. The highest BCUT2D eigenvalue weighted by Gasteiger charge is 2.17. The summed E-state index contributed by atoms with van der Waals surface area (Å²) in [5.74, 6) is -0.380. The smallest absolute Gasteiger partial charge is 0.305 e. The molecule has 0 aliphatic heterocycles. The van der Waals surface area contributed by atoms with E-state index in [2.05, 4.69) is 6.92 Å². The Kier molecular flexibility index (Phi) is 42.8. The Morgan fingerprint density at radius 3 is 1.03 bits per heavy atom. The highest BCUT2D eigenvalue weighted by atomic mass is 31.2. The van der Waals surface area contributed by atoms with Gasteiger partial charge in [0, 0.05) is 6.42 Å². The van der Waals surface area contributed by atoms with Crippen LogP contribution in [0.3, 0.4) is 0 Å². The summed E-state index contributed by atoms with van der Waals surface area (Å²) in [6.45, 7) is 2.00. The summed E-state index contributed by atoms with van der Waals surface area (Å²) in [5, 5.41) is 9.90. The third-order valence-corrected chi connectivity index (χ3v) is 12.6. The Balaban J connectivity index is 3.26. The van der Waals surface area contributed by atoms with Crippen molar-refractivity contribution in [1.82, 2.24) is 0 Å². The molecule has 0 bridgehead atoms. The molecule has 0 saturated carbocycles. The van der Waals surface area contributed by atoms with Gasteiger partial charge in [0.25, 0.3) is 7.82 Å². The molecule has 0 rings (SSSR count). The Hall–Kier alpha value is -0.500. The van der Waals surface area contributed by atoms with Gasteiger partial charge >= 0.3 is 5.97 Å². The second-order valence-corrected chi connectivity index (χ2v) is 20.2. The summed E-state index contributed by atoms with van der Waals surface area (Å²) < 4.78 is 26.9. The number of nitrogens with zero attached hydrogens (tertiary/aromatic N) is 1. The predicted molar refractivity (Wildman–Crippen MR) is 245 cm³/mol. The van der Waals surface area contributed by atoms with Gasteiger partial charge in [0.15, 0.2) is 0 Å². The van der Waals surface area contributed by atoms with E-state index < -0.39 is 20.5 Å². The summed E-state index contributed by atoms with van der Waals surface area (Å²) in [7, 11) is 1.27. The predicted octanol–water partition coefficient (Wildman–Crippen LogP) is 14.3. The van der Waals surface area contributed by atoms with Crippen LogP contribution in [-0.2, 0) is 23.1 Å². The number of hydrogen-bond donors (Lipinski definition) is 1. The third kappa shape index (κ3) is 48.2. The van der Waals surface area contributed by atoms with E-state index in [9.17, 15) is 19.4 Å². The van der Waals surface area contributed by atoms with E-state index >= 15 is 0 Å². The number of phosphoric ester groups is 1. The molecular weight excluding hydrogens is 746 g/mol. The van der Waals surface area contributed by atoms with Crippen LogP contribution in [0.1, 0.15) is 257 Å². The summed E-state index contributed by atoms with van der Waals surface area (Å²) in [4.78, 5) is 23.7. The number of hydrogen-bond acceptors (Lipinski definition) is 7. The molecule has 58 heavy (non-hydrogen) atoms. The second-order valence-electron chi connectivity index (χ2n) is 18.8. The molecule has 0 amide bonds. The lowest BCUT2D eigenvalue weighted by atomic mass is 10.0. The molecule has 0 spiro atoms. The average Bonchev–Trinajstić information content (AvgIpc) is 3.18. The monoisotopic (exact) mass is 846 g/mol. The van der Waals surface area contributed by atoms with Crippen molar-refractivity contribution in [1.29, 1.82) is 0 Å². The second kappa shape index (κ2) is 43.2. The number of unbranched alkanes of at least 4 members (excludes halogenated alkanes) is 37. The Morgan fingerprint density at radius 2 is 0.759 bits per heavy atom. The molecule has 0 fully saturated rings. The minimum atomic E-state index is -4.50. The van der Waals surface area contributed by atoms with Crippen LogP contribution >= 0.6 is 7.82 Å². The van der Waals surface area contributed by atoms with Crippen LogP contribution in [0.15, 0.2) is 0 Å². The molecule has 0 aromatic heterocycles. The van der Waals surface area contributed by atoms with Gasteiger partial charge < -0.3 is 28.3 Å². The molecule has 0 radical (unpaired) electrons. The summed E-state index contributed by atoms with van der Waals surface area (Å²) in [5.41, 5.74) is 0. The van der Waals surface area contributed by atoms with Crippen LogP contribution in [0.25, 0.3) is 0 Å². The van der Waals surface area contributed by atoms with Gasteiger partial charge in [0.2, 0.25) is 0 Å². The van der Waals surface area contributed by atoms with E-state index in [1.165, 1.54) is 225 Å². The molecular formula is C49H100NO7P. The normalized spacial score (nSPS) is 13.6. The highest BCUT2D eigenvalue weighted by molar-refractivity contribution is 7.45. The Labute approximate surface area is 361 Å². The van der Waals surface area contributed by atoms with Crippen molar-refractivity contribution in [3.05, 3.63) is 0 Å². The molecule has 0 aromatic carbocycles. The molecule has 348 valence electrons. The summed E-state index contributed by atoms with van der Waals surface area (Å²) >= 11 is 0. The van der Waals surface area contributed by atoms with Crippen LogP contribution in [0, 0.1) is 0 Å². The summed E-state index contributed by atoms with van der Waals surface area (Å²) in [6, 6.07) is 0. The van der Waals surface area contributed by atoms with E-state index in [1.54, 1.807) is 0 Å². The van der Waals surface area contributed by atoms with Gasteiger partial charge in [-0.05, 0) is 6.42 Å². The molecule has 0 heterocycles. The molecule has 0 aromatic rings. The number of carbonyl (C=O) groups is 1. The number of ether oxygens (including phenoxy) is 1. The Morgan fingerprint density at radius 1 is 0.483 bits per heavy atom. The van der Waals surface area contributed by atoms with E-state index in [0.717, 1.165) is 19.3 Å². The largest absolute Gasteiger partial charge is 0.756 e. The maximum atomic E-state index is 12.0. The van der Waals surface area contributed by atoms with E-state index in [-0.39, 0.29) is 19.2 Å². The van der Waals surface area contributed by atoms with Crippen LogP contribution < -0.4 is 4.89 Å². The number of likely N-dealkylation sites (N-methyl/N-ethyl adjacent to an activating group) is 1. The molecule has 2 unspecified atom stereocenters. The fourth-order valence-corrected chi connectivity index (χ4v) is 8.39. The first-order valence-electron chi connectivity index (χ1n) is 25.3. The number of esters is 1. The zero-order valence-corrected chi connectivity index (χ0v) is 40.2. The molecule has 0 aliphatic carbocycles. The lowest BCUT2D eigenvalue weighted by Crippen LogP contribution is -2.37. The standard InChI is InChI=1S/C49H100NO7P/c1-5-6-7-8-9-10-11-12-13-14-15-16-17-18-19-20-21-22-23-24-25-26-27-28-29-30-31-32-33-34-35-36-37-38-39-40-41-42-43-49(52)55-46-48(51)47-57-58(53,54)56-45-44-50(2,3)4/h48,51H,5-47H2,1-4H3. The van der Waals surface area contributed by atoms with Crippen LogP contribution in [0.4, 0.5) is 0 Å². The fourth-order valence-electron chi connectivity index (χ4n) is 7.66. The topological polar surface area (TPSA) is 105 Å². The highest BCUT2D eigenvalue weighted by Crippen LogP contribution is 2.38. The van der Waals surface area contributed by atoms with Crippen LogP contribution in [0.2, 0.25) is 0 Å². The van der Waals surface area contributed by atoms with E-state index in [4.69, 9.17) is 13.8 Å². The van der Waals surface area contributed by atoms with Gasteiger partial charge in [-0.2, -0.15) is 0 Å². The first-order chi connectivity index (χ1) is 28.1. The molecule has 0 saturated heterocycles. The third-order valence-electron chi connectivity index (χ3n) is 11.6. The zero-order chi connectivity index (χ0) is 42.7. The Bertz CT molecular complexity index is 899. The van der Waals surface area contributed by atoms with E-state index in [1.807, 2.05) is 21.1 Å². The molecule has 2 atom stereocenters. The first kappa shape index (κ1) is 57.5. The lowest BCUT2D eigenvalue weighted by Gasteiger charge is -2.27. The van der Waals surface area contributed by atoms with Crippen molar-refractivity contribution < 1.29 is 37.6 Å². The zero-order valence-electron chi connectivity index (χ0n) is 39.3. The van der Waals surface area contributed by atoms with Crippen molar-refractivity contribution in [3.8, 4) is 0 Å². The fraction of sp³-hybridized carbons (Fsp3) is 0.980. The van der Waals surface area contributed by atoms with Crippen molar-refractivity contribution in [2.24, 2.45) is 0 Å². The maximum absolute atomic E-state index is 12.0. The van der Waals surface area contributed by atoms with Gasteiger partial charge in [0.05, 0.1) is 27.7 Å². The van der Waals surface area contributed by atoms with Crippen molar-refractivity contribution in [2.45, 2.75) is 263 Å². The number of aliphatic hydroxyl groups is 1. The molecule has 0 aliphatic rings. The minimum absolute atomic E-state index is 0.00481. The quantitative estimate of drug-likeness (QED) is 0.0281. The van der Waals surface area contributed by atoms with Crippen LogP contribution in [-0.4, -0.2) is 69.2 Å². The van der Waals surface area contributed by atoms with Crippen molar-refractivity contribution in [2.75, 3.05) is 47.5 Å². The van der Waals surface area contributed by atoms with Crippen molar-refractivity contribution >= 4 is 13.8 Å². The number of quaternary nitrogens is 1. The van der Waals surface area contributed by atoms with Gasteiger partial charge in [-0.3, -0.25) is 9.36 Å². The van der Waals surface area contributed by atoms with Crippen molar-refractivity contribution in [3.63, 3.8) is 0 Å². The van der Waals surface area contributed by atoms with Gasteiger partial charge in [-0.25, -0.2) is 0 Å². The van der Waals surface area contributed by atoms with Crippen LogP contribution in [0.5, 0.6) is 0 Å². The lowest BCUT2D eigenvalue weighted by molar-refractivity contribution is -0.870. The number of phosphoric acid groups is 1. The number of aliphatic hydroxyl groups excluding tert-OH is 1. The number of rotatable bonds is 48. The molecule has 9 heteroatoms. The molecule has 1 N–H and O–H groups in total. The van der Waals surface area contributed by atoms with Gasteiger partial charge in [-0.15, -0.1) is 0 Å². The average molecular weight is 846 g/mol. The van der Waals surface area contributed by atoms with Gasteiger partial charge in [0.1, 0.15) is 25.9 Å². The minimum Gasteiger partial charge on any atom is -0.756 e. The number of carbonyl (C=O) groups excluding carboxylic acids is 1.